The highest BCUT2D eigenvalue weighted by Gasteiger charge is 2.24. The SMILES string of the molecule is CNC(C)(C)C(=O)NCc1cccc(NC(=O)C(C)C)c1. The van der Waals surface area contributed by atoms with Gasteiger partial charge in [0.15, 0.2) is 0 Å². The zero-order chi connectivity index (χ0) is 16.0. The molecule has 21 heavy (non-hydrogen) atoms. The summed E-state index contributed by atoms with van der Waals surface area (Å²) in [5, 5.41) is 8.68. The molecule has 0 heterocycles. The minimum Gasteiger partial charge on any atom is -0.350 e. The zero-order valence-electron chi connectivity index (χ0n) is 13.4. The number of carbonyl (C=O) groups is 2. The average molecular weight is 291 g/mol. The van der Waals surface area contributed by atoms with Crippen LogP contribution >= 0.6 is 0 Å². The van der Waals surface area contributed by atoms with Crippen molar-refractivity contribution in [2.75, 3.05) is 12.4 Å². The lowest BCUT2D eigenvalue weighted by Crippen LogP contribution is -2.50. The van der Waals surface area contributed by atoms with Gasteiger partial charge in [-0.1, -0.05) is 26.0 Å². The Morgan fingerprint density at radius 1 is 1.24 bits per heavy atom. The van der Waals surface area contributed by atoms with Gasteiger partial charge in [0.1, 0.15) is 0 Å². The summed E-state index contributed by atoms with van der Waals surface area (Å²) in [7, 11) is 1.75. The van der Waals surface area contributed by atoms with E-state index in [0.717, 1.165) is 11.3 Å². The minimum atomic E-state index is -0.608. The van der Waals surface area contributed by atoms with Gasteiger partial charge in [-0.15, -0.1) is 0 Å². The Kier molecular flexibility index (Phi) is 5.90. The number of hydrogen-bond acceptors (Lipinski definition) is 3. The molecule has 0 aromatic heterocycles. The van der Waals surface area contributed by atoms with Crippen molar-refractivity contribution in [3.63, 3.8) is 0 Å². The maximum absolute atomic E-state index is 12.0. The summed E-state index contributed by atoms with van der Waals surface area (Å²) in [6.07, 6.45) is 0. The second-order valence-electron chi connectivity index (χ2n) is 5.90. The molecule has 5 heteroatoms. The van der Waals surface area contributed by atoms with Crippen molar-refractivity contribution >= 4 is 17.5 Å². The summed E-state index contributed by atoms with van der Waals surface area (Å²) in [6.45, 7) is 7.76. The number of hydrogen-bond donors (Lipinski definition) is 3. The predicted molar refractivity (Wildman–Crippen MR) is 84.9 cm³/mol. The number of carbonyl (C=O) groups excluding carboxylic acids is 2. The van der Waals surface area contributed by atoms with Gasteiger partial charge < -0.3 is 16.0 Å². The topological polar surface area (TPSA) is 70.2 Å². The van der Waals surface area contributed by atoms with Crippen molar-refractivity contribution in [2.24, 2.45) is 5.92 Å². The van der Waals surface area contributed by atoms with Gasteiger partial charge in [-0.3, -0.25) is 9.59 Å². The summed E-state index contributed by atoms with van der Waals surface area (Å²) in [5.41, 5.74) is 1.08. The van der Waals surface area contributed by atoms with E-state index in [1.807, 2.05) is 52.0 Å². The Labute approximate surface area is 126 Å². The van der Waals surface area contributed by atoms with Gasteiger partial charge in [-0.2, -0.15) is 0 Å². The molecule has 0 aliphatic rings. The number of likely N-dealkylation sites (N-methyl/N-ethyl adjacent to an activating group) is 1. The molecule has 1 aromatic carbocycles. The van der Waals surface area contributed by atoms with Crippen LogP contribution in [0.5, 0.6) is 0 Å². The molecule has 0 atom stereocenters. The van der Waals surface area contributed by atoms with Crippen molar-refractivity contribution in [3.05, 3.63) is 29.8 Å². The standard InChI is InChI=1S/C16H25N3O2/c1-11(2)14(20)19-13-8-6-7-12(9-13)10-18-15(21)16(3,4)17-5/h6-9,11,17H,10H2,1-5H3,(H,18,21)(H,19,20). The Bertz CT molecular complexity index is 510. The summed E-state index contributed by atoms with van der Waals surface area (Å²) >= 11 is 0. The lowest BCUT2D eigenvalue weighted by atomic mass is 10.1. The first-order valence-electron chi connectivity index (χ1n) is 7.13. The molecule has 0 aliphatic carbocycles. The Morgan fingerprint density at radius 3 is 2.48 bits per heavy atom. The number of anilines is 1. The second-order valence-corrected chi connectivity index (χ2v) is 5.90. The quantitative estimate of drug-likeness (QED) is 0.749. The smallest absolute Gasteiger partial charge is 0.239 e. The molecule has 1 rings (SSSR count). The molecular formula is C16H25N3O2. The molecule has 0 saturated heterocycles. The number of rotatable bonds is 6. The number of amides is 2. The summed E-state index contributed by atoms with van der Waals surface area (Å²) in [6, 6.07) is 7.48. The van der Waals surface area contributed by atoms with Gasteiger partial charge in [0.25, 0.3) is 0 Å². The molecule has 0 unspecified atom stereocenters. The Morgan fingerprint density at radius 2 is 1.90 bits per heavy atom. The average Bonchev–Trinajstić information content (AvgIpc) is 2.44. The van der Waals surface area contributed by atoms with Gasteiger partial charge in [0.05, 0.1) is 5.54 Å². The van der Waals surface area contributed by atoms with Gasteiger partial charge in [-0.25, -0.2) is 0 Å². The maximum atomic E-state index is 12.0. The van der Waals surface area contributed by atoms with E-state index >= 15 is 0 Å². The largest absolute Gasteiger partial charge is 0.350 e. The highest BCUT2D eigenvalue weighted by molar-refractivity contribution is 5.92. The first-order chi connectivity index (χ1) is 9.76. The molecule has 2 amide bonds. The summed E-state index contributed by atoms with van der Waals surface area (Å²) in [4.78, 5) is 23.6. The van der Waals surface area contributed by atoms with E-state index in [4.69, 9.17) is 0 Å². The first-order valence-corrected chi connectivity index (χ1v) is 7.13. The Balaban J connectivity index is 2.65. The first kappa shape index (κ1) is 17.2. The molecule has 0 radical (unpaired) electrons. The fraction of sp³-hybridized carbons (Fsp3) is 0.500. The van der Waals surface area contributed by atoms with Crippen LogP contribution in [0.15, 0.2) is 24.3 Å². The number of nitrogens with one attached hydrogen (secondary N) is 3. The lowest BCUT2D eigenvalue weighted by Gasteiger charge is -2.22. The van der Waals surface area contributed by atoms with Crippen LogP contribution in [0.25, 0.3) is 0 Å². The maximum Gasteiger partial charge on any atom is 0.239 e. The van der Waals surface area contributed by atoms with Crippen LogP contribution in [0.2, 0.25) is 0 Å². The van der Waals surface area contributed by atoms with Gasteiger partial charge in [0, 0.05) is 18.2 Å². The van der Waals surface area contributed by atoms with Crippen molar-refractivity contribution in [2.45, 2.75) is 39.8 Å². The molecule has 0 fully saturated rings. The van der Waals surface area contributed by atoms with Crippen LogP contribution in [0.1, 0.15) is 33.3 Å². The molecule has 0 spiro atoms. The molecule has 116 valence electrons. The van der Waals surface area contributed by atoms with E-state index in [-0.39, 0.29) is 17.7 Å². The second kappa shape index (κ2) is 7.22. The fourth-order valence-electron chi connectivity index (χ4n) is 1.56. The van der Waals surface area contributed by atoms with Gasteiger partial charge >= 0.3 is 0 Å². The van der Waals surface area contributed by atoms with Crippen LogP contribution in [-0.2, 0) is 16.1 Å². The highest BCUT2D eigenvalue weighted by atomic mass is 16.2. The molecule has 0 bridgehead atoms. The van der Waals surface area contributed by atoms with Gasteiger partial charge in [0.2, 0.25) is 11.8 Å². The summed E-state index contributed by atoms with van der Waals surface area (Å²) < 4.78 is 0. The van der Waals surface area contributed by atoms with Crippen molar-refractivity contribution in [3.8, 4) is 0 Å². The van der Waals surface area contributed by atoms with Crippen LogP contribution < -0.4 is 16.0 Å². The normalized spacial score (nSPS) is 11.3. The molecule has 3 N–H and O–H groups in total. The lowest BCUT2D eigenvalue weighted by molar-refractivity contribution is -0.126. The molecule has 1 aromatic rings. The fourth-order valence-corrected chi connectivity index (χ4v) is 1.56. The van der Waals surface area contributed by atoms with Crippen LogP contribution in [0.4, 0.5) is 5.69 Å². The van der Waals surface area contributed by atoms with E-state index in [2.05, 4.69) is 16.0 Å². The monoisotopic (exact) mass is 291 g/mol. The molecule has 0 saturated carbocycles. The van der Waals surface area contributed by atoms with Crippen LogP contribution in [0, 0.1) is 5.92 Å². The van der Waals surface area contributed by atoms with Gasteiger partial charge in [-0.05, 0) is 38.6 Å². The molecule has 0 aliphatic heterocycles. The third kappa shape index (κ3) is 5.19. The van der Waals surface area contributed by atoms with E-state index in [9.17, 15) is 9.59 Å². The summed E-state index contributed by atoms with van der Waals surface area (Å²) in [5.74, 6) is -0.154. The number of benzene rings is 1. The highest BCUT2D eigenvalue weighted by Crippen LogP contribution is 2.12. The Hall–Kier alpha value is -1.88. The van der Waals surface area contributed by atoms with Crippen LogP contribution in [0.3, 0.4) is 0 Å². The van der Waals surface area contributed by atoms with E-state index in [1.165, 1.54) is 0 Å². The van der Waals surface area contributed by atoms with Crippen molar-refractivity contribution in [1.29, 1.82) is 0 Å². The third-order valence-electron chi connectivity index (χ3n) is 3.36. The molecule has 5 nitrogen and oxygen atoms in total. The zero-order valence-corrected chi connectivity index (χ0v) is 13.4. The van der Waals surface area contributed by atoms with Crippen LogP contribution in [-0.4, -0.2) is 24.4 Å². The van der Waals surface area contributed by atoms with E-state index in [0.29, 0.717) is 6.54 Å². The predicted octanol–water partition coefficient (Wildman–Crippen LogP) is 1.90. The molecular weight excluding hydrogens is 266 g/mol. The van der Waals surface area contributed by atoms with Crippen molar-refractivity contribution in [1.82, 2.24) is 10.6 Å². The van der Waals surface area contributed by atoms with E-state index < -0.39 is 5.54 Å². The van der Waals surface area contributed by atoms with E-state index in [1.54, 1.807) is 7.05 Å². The minimum absolute atomic E-state index is 0.0208. The van der Waals surface area contributed by atoms with Crippen molar-refractivity contribution < 1.29 is 9.59 Å². The third-order valence-corrected chi connectivity index (χ3v) is 3.36.